The summed E-state index contributed by atoms with van der Waals surface area (Å²) in [7, 11) is -4.64. The van der Waals surface area contributed by atoms with Gasteiger partial charge in [0.1, 0.15) is 0 Å². The predicted molar refractivity (Wildman–Crippen MR) is 30.4 cm³/mol. The molecule has 0 rings (SSSR count). The fourth-order valence-corrected chi connectivity index (χ4v) is 0. The molecule has 0 radical (unpaired) electrons. The Kier molecular flexibility index (Phi) is 10.4. The van der Waals surface area contributed by atoms with Gasteiger partial charge in [0.15, 0.2) is 0 Å². The summed E-state index contributed by atoms with van der Waals surface area (Å²) in [5.74, 6) is 0. The van der Waals surface area contributed by atoms with Gasteiger partial charge in [0.25, 0.3) is 0 Å². The first-order valence-electron chi connectivity index (χ1n) is 0.783. The molecule has 6 N–H and O–H groups in total. The Hall–Kier alpha value is 0.500. The lowest BCUT2D eigenvalue weighted by atomic mass is 14.0. The Balaban J connectivity index is -0.0000000800. The van der Waals surface area contributed by atoms with Crippen LogP contribution >= 0.6 is 17.7 Å². The van der Waals surface area contributed by atoms with Crippen molar-refractivity contribution in [3.63, 3.8) is 0 Å². The average Bonchev–Trinajstić information content (AvgIpc) is 0.722. The van der Waals surface area contributed by atoms with Crippen molar-refractivity contribution in [3.05, 3.63) is 0 Å². The molecule has 1 unspecified atom stereocenters. The van der Waals surface area contributed by atoms with E-state index in [1.54, 1.807) is 0 Å². The molecule has 1 atom stereocenters. The van der Waals surface area contributed by atoms with E-state index < -0.39 is 7.82 Å². The van der Waals surface area contributed by atoms with Crippen LogP contribution in [-0.2, 0) is 4.57 Å². The van der Waals surface area contributed by atoms with Gasteiger partial charge in [-0.2, -0.15) is 9.90 Å². The second-order valence-electron chi connectivity index (χ2n) is 0.513. The van der Waals surface area contributed by atoms with E-state index >= 15 is 0 Å². The first kappa shape index (κ1) is 15.6. The Morgan fingerprint density at radius 1 is 1.14 bits per heavy atom. The topological polar surface area (TPSA) is 113 Å². The van der Waals surface area contributed by atoms with E-state index in [1.165, 1.54) is 0 Å². The van der Waals surface area contributed by atoms with Gasteiger partial charge < -0.3 is 20.8 Å². The second-order valence-corrected chi connectivity index (χ2v) is 1.54. The normalized spacial score (nSPS) is 8.43. The van der Waals surface area contributed by atoms with Crippen LogP contribution in [0.25, 0.3) is 0 Å². The number of hydrogen-bond donors (Lipinski definition) is 4. The summed E-state index contributed by atoms with van der Waals surface area (Å²) in [5, 5.41) is 0. The quantitative estimate of drug-likeness (QED) is 0.340. The predicted octanol–water partition coefficient (Wildman–Crippen LogP) is -0.709. The molecule has 0 aromatic rings. The molecule has 0 aliphatic carbocycles. The zero-order valence-electron chi connectivity index (χ0n) is 3.61. The lowest BCUT2D eigenvalue weighted by molar-refractivity contribution is 0.275. The number of hydrogen-bond acceptors (Lipinski definition) is 2. The van der Waals surface area contributed by atoms with E-state index in [9.17, 15) is 0 Å². The lowest BCUT2D eigenvalue weighted by Gasteiger charge is -1.82. The van der Waals surface area contributed by atoms with Crippen molar-refractivity contribution >= 4 is 17.7 Å². The fourth-order valence-electron chi connectivity index (χ4n) is 0. The van der Waals surface area contributed by atoms with E-state index in [0.717, 1.165) is 0 Å². The zero-order chi connectivity index (χ0) is 4.50. The molecule has 0 fully saturated rings. The van der Waals surface area contributed by atoms with Gasteiger partial charge in [0.2, 0.25) is 0 Å². The van der Waals surface area contributed by atoms with Crippen molar-refractivity contribution in [3.8, 4) is 0 Å². The summed E-state index contributed by atoms with van der Waals surface area (Å²) >= 11 is 0. The van der Waals surface area contributed by atoms with Gasteiger partial charge in [-0.15, -0.1) is 0 Å². The Bertz CT molecular complexity index is 55.8. The minimum atomic E-state index is -4.64. The summed E-state index contributed by atoms with van der Waals surface area (Å²) in [6, 6.07) is 0. The van der Waals surface area contributed by atoms with Crippen molar-refractivity contribution in [2.75, 3.05) is 0 Å². The highest BCUT2D eigenvalue weighted by atomic mass is 31.2. The molecule has 48 valence electrons. The monoisotopic (exact) mass is 149 g/mol. The third-order valence-corrected chi connectivity index (χ3v) is 0. The minimum Gasteiger partial charge on any atom is -0.344 e. The first-order chi connectivity index (χ1) is 2.00. The van der Waals surface area contributed by atoms with Crippen LogP contribution < -0.4 is 6.15 Å². The Morgan fingerprint density at radius 3 is 1.14 bits per heavy atom. The smallest absolute Gasteiger partial charge is 0.344 e. The molecule has 0 heterocycles. The standard InChI is InChI=1S/H3N.H3O4P.H3P/c;1-5(2,3)4;/h1H3;(H3,1,2,3,4);1H3. The van der Waals surface area contributed by atoms with Crippen LogP contribution in [0.4, 0.5) is 0 Å². The maximum Gasteiger partial charge on any atom is 0.466 e. The molecular weight excluding hydrogens is 140 g/mol. The maximum absolute atomic E-state index is 8.88. The van der Waals surface area contributed by atoms with Gasteiger partial charge in [0.05, 0.1) is 0 Å². The maximum atomic E-state index is 8.88. The van der Waals surface area contributed by atoms with Gasteiger partial charge >= 0.3 is 7.82 Å². The average molecular weight is 149 g/mol. The molecule has 0 amide bonds. The highest BCUT2D eigenvalue weighted by Gasteiger charge is 2.00. The van der Waals surface area contributed by atoms with Crippen molar-refractivity contribution in [2.45, 2.75) is 0 Å². The van der Waals surface area contributed by atoms with Crippen LogP contribution in [0.1, 0.15) is 0 Å². The summed E-state index contributed by atoms with van der Waals surface area (Å²) in [6.07, 6.45) is 0. The second kappa shape index (κ2) is 4.65. The molecule has 0 spiro atoms. The molecule has 7 heavy (non-hydrogen) atoms. The van der Waals surface area contributed by atoms with Crippen LogP contribution in [0.3, 0.4) is 0 Å². The summed E-state index contributed by atoms with van der Waals surface area (Å²) in [5.41, 5.74) is 0. The lowest BCUT2D eigenvalue weighted by Crippen LogP contribution is -1.66. The van der Waals surface area contributed by atoms with E-state index in [2.05, 4.69) is 0 Å². The van der Waals surface area contributed by atoms with E-state index in [0.29, 0.717) is 0 Å². The summed E-state index contributed by atoms with van der Waals surface area (Å²) in [4.78, 5) is 21.6. The molecular formula is H9NO4P2. The molecule has 0 aromatic carbocycles. The largest absolute Gasteiger partial charge is 0.466 e. The van der Waals surface area contributed by atoms with Crippen LogP contribution in [0.2, 0.25) is 0 Å². The third kappa shape index (κ3) is 527. The van der Waals surface area contributed by atoms with Gasteiger partial charge in [-0.25, -0.2) is 4.57 Å². The highest BCUT2D eigenvalue weighted by molar-refractivity contribution is 7.45. The molecule has 0 saturated carbocycles. The first-order valence-corrected chi connectivity index (χ1v) is 2.35. The third-order valence-electron chi connectivity index (χ3n) is 0. The van der Waals surface area contributed by atoms with Gasteiger partial charge in [-0.05, 0) is 0 Å². The van der Waals surface area contributed by atoms with Gasteiger partial charge in [-0.1, -0.05) is 0 Å². The zero-order valence-corrected chi connectivity index (χ0v) is 5.92. The van der Waals surface area contributed by atoms with Gasteiger partial charge in [-0.3, -0.25) is 0 Å². The van der Waals surface area contributed by atoms with Crippen molar-refractivity contribution < 1.29 is 19.2 Å². The van der Waals surface area contributed by atoms with Gasteiger partial charge in [0, 0.05) is 0 Å². The minimum absolute atomic E-state index is 0. The molecule has 0 bridgehead atoms. The summed E-state index contributed by atoms with van der Waals surface area (Å²) < 4.78 is 8.88. The van der Waals surface area contributed by atoms with E-state index in [1.807, 2.05) is 0 Å². The Morgan fingerprint density at radius 2 is 1.14 bits per heavy atom. The van der Waals surface area contributed by atoms with Crippen molar-refractivity contribution in [1.82, 2.24) is 6.15 Å². The molecule has 0 aliphatic heterocycles. The molecule has 0 saturated heterocycles. The molecule has 0 aromatic heterocycles. The number of rotatable bonds is 0. The number of phosphoric acid groups is 1. The van der Waals surface area contributed by atoms with Crippen LogP contribution in [0.15, 0.2) is 0 Å². The summed E-state index contributed by atoms with van der Waals surface area (Å²) in [6.45, 7) is 0. The van der Waals surface area contributed by atoms with Crippen molar-refractivity contribution in [1.29, 1.82) is 0 Å². The fraction of sp³-hybridized carbons (Fsp3) is 0. The van der Waals surface area contributed by atoms with Crippen LogP contribution in [-0.4, -0.2) is 14.7 Å². The highest BCUT2D eigenvalue weighted by Crippen LogP contribution is 2.25. The molecule has 5 nitrogen and oxygen atoms in total. The Labute approximate surface area is 44.2 Å². The van der Waals surface area contributed by atoms with Crippen molar-refractivity contribution in [2.24, 2.45) is 0 Å². The van der Waals surface area contributed by atoms with Crippen LogP contribution in [0.5, 0.6) is 0 Å². The molecule has 0 aliphatic rings. The SMILES string of the molecule is N.O=P(O)(O)O.P. The van der Waals surface area contributed by atoms with Crippen LogP contribution in [0, 0.1) is 0 Å². The molecule has 7 heteroatoms. The van der Waals surface area contributed by atoms with E-state index in [-0.39, 0.29) is 16.0 Å². The van der Waals surface area contributed by atoms with E-state index in [4.69, 9.17) is 19.2 Å².